The first kappa shape index (κ1) is 25.9. The molecular formula is C25H18ClN3O4S3. The van der Waals surface area contributed by atoms with Crippen LogP contribution in [-0.4, -0.2) is 37.1 Å². The summed E-state index contributed by atoms with van der Waals surface area (Å²) in [5, 5.41) is 22.8. The van der Waals surface area contributed by atoms with E-state index in [9.17, 15) is 24.8 Å². The Kier molecular flexibility index (Phi) is 7.76. The first-order valence-corrected chi connectivity index (χ1v) is 13.1. The number of thioether (sulfide) groups is 1. The van der Waals surface area contributed by atoms with E-state index in [-0.39, 0.29) is 42.1 Å². The number of rotatable bonds is 7. The maximum absolute atomic E-state index is 13.2. The Labute approximate surface area is 225 Å². The molecular weight excluding hydrogens is 538 g/mol. The van der Waals surface area contributed by atoms with Gasteiger partial charge >= 0.3 is 0 Å². The minimum absolute atomic E-state index is 0.00428. The zero-order chi connectivity index (χ0) is 26.0. The highest BCUT2D eigenvalue weighted by Gasteiger charge is 2.33. The van der Waals surface area contributed by atoms with Crippen molar-refractivity contribution in [1.82, 2.24) is 9.47 Å². The third kappa shape index (κ3) is 5.01. The molecule has 1 aliphatic heterocycles. The van der Waals surface area contributed by atoms with Gasteiger partial charge in [-0.2, -0.15) is 5.26 Å². The summed E-state index contributed by atoms with van der Waals surface area (Å²) in [6.07, 6.45) is 1.59. The number of benzene rings is 1. The normalized spacial score (nSPS) is 14.5. The van der Waals surface area contributed by atoms with Crippen LogP contribution in [-0.2, 0) is 11.3 Å². The molecule has 0 unspecified atom stereocenters. The molecule has 1 aliphatic rings. The van der Waals surface area contributed by atoms with Crippen LogP contribution in [0.3, 0.4) is 0 Å². The Morgan fingerprint density at radius 1 is 1.25 bits per heavy atom. The van der Waals surface area contributed by atoms with Gasteiger partial charge < -0.3 is 5.11 Å². The zero-order valence-electron chi connectivity index (χ0n) is 18.9. The summed E-state index contributed by atoms with van der Waals surface area (Å²) in [7, 11) is 0. The van der Waals surface area contributed by atoms with Crippen LogP contribution in [0.1, 0.15) is 38.3 Å². The van der Waals surface area contributed by atoms with Gasteiger partial charge in [-0.25, -0.2) is 0 Å². The van der Waals surface area contributed by atoms with Crippen molar-refractivity contribution in [2.75, 3.05) is 6.54 Å². The third-order valence-electron chi connectivity index (χ3n) is 5.62. The third-order valence-corrected chi connectivity index (χ3v) is 8.18. The number of nitrogens with zero attached hydrogens (tertiary/aromatic N) is 3. The number of Topliss-reactive ketones (excluding diaryl/α,β-unsaturated/α-hetero) is 1. The molecule has 182 valence electrons. The number of aromatic hydroxyl groups is 1. The summed E-state index contributed by atoms with van der Waals surface area (Å²) in [6, 6.07) is 12.4. The average molecular weight is 556 g/mol. The maximum atomic E-state index is 13.2. The second-order valence-corrected chi connectivity index (χ2v) is 10.9. The number of aromatic nitrogens is 1. The molecule has 0 radical (unpaired) electrons. The van der Waals surface area contributed by atoms with Crippen LogP contribution in [0.15, 0.2) is 51.5 Å². The number of nitriles is 1. The number of hydrogen-bond donors (Lipinski definition) is 1. The zero-order valence-corrected chi connectivity index (χ0v) is 22.1. The minimum Gasteiger partial charge on any atom is -0.494 e. The summed E-state index contributed by atoms with van der Waals surface area (Å²) in [4.78, 5) is 41.7. The van der Waals surface area contributed by atoms with Crippen molar-refractivity contribution in [3.05, 3.63) is 89.2 Å². The minimum atomic E-state index is -0.723. The molecule has 2 aromatic heterocycles. The van der Waals surface area contributed by atoms with Gasteiger partial charge in [0.25, 0.3) is 11.5 Å². The van der Waals surface area contributed by atoms with Crippen molar-refractivity contribution in [2.45, 2.75) is 19.9 Å². The van der Waals surface area contributed by atoms with Gasteiger partial charge in [0.2, 0.25) is 5.88 Å². The molecule has 1 aromatic carbocycles. The highest BCUT2D eigenvalue weighted by molar-refractivity contribution is 8.26. The predicted octanol–water partition coefficient (Wildman–Crippen LogP) is 4.97. The molecule has 0 spiro atoms. The SMILES string of the molecule is Cc1c(C(=O)CCN2C(=O)/C(=C/c3cccs3)SC2=S)c(O)n(Cc2ccccc2Cl)c(=O)c1C#N. The monoisotopic (exact) mass is 555 g/mol. The van der Waals surface area contributed by atoms with Gasteiger partial charge in [0.15, 0.2) is 5.78 Å². The summed E-state index contributed by atoms with van der Waals surface area (Å²) in [6.45, 7) is 1.31. The van der Waals surface area contributed by atoms with Crippen molar-refractivity contribution in [1.29, 1.82) is 5.26 Å². The lowest BCUT2D eigenvalue weighted by Crippen LogP contribution is -2.31. The maximum Gasteiger partial charge on any atom is 0.271 e. The smallest absolute Gasteiger partial charge is 0.271 e. The van der Waals surface area contributed by atoms with Crippen molar-refractivity contribution < 1.29 is 14.7 Å². The van der Waals surface area contributed by atoms with Crippen LogP contribution < -0.4 is 5.56 Å². The van der Waals surface area contributed by atoms with Gasteiger partial charge in [0.1, 0.15) is 16.0 Å². The topological polar surface area (TPSA) is 103 Å². The fourth-order valence-electron chi connectivity index (χ4n) is 3.76. The van der Waals surface area contributed by atoms with Crippen LogP contribution in [0.5, 0.6) is 5.88 Å². The number of carbonyl (C=O) groups excluding carboxylic acids is 2. The number of amides is 1. The van der Waals surface area contributed by atoms with E-state index in [1.165, 1.54) is 23.2 Å². The quantitative estimate of drug-likeness (QED) is 0.249. The number of halogens is 1. The van der Waals surface area contributed by atoms with E-state index in [2.05, 4.69) is 0 Å². The number of thiocarbonyl (C=S) groups is 1. The Morgan fingerprint density at radius 2 is 2.00 bits per heavy atom. The molecule has 36 heavy (non-hydrogen) atoms. The van der Waals surface area contributed by atoms with Crippen LogP contribution in [0.25, 0.3) is 6.08 Å². The number of thiophene rings is 1. The number of ketones is 1. The highest BCUT2D eigenvalue weighted by atomic mass is 35.5. The van der Waals surface area contributed by atoms with Crippen molar-refractivity contribution in [3.8, 4) is 11.9 Å². The summed E-state index contributed by atoms with van der Waals surface area (Å²) >= 11 is 14.2. The fourth-order valence-corrected chi connectivity index (χ4v) is 5.99. The summed E-state index contributed by atoms with van der Waals surface area (Å²) in [5.74, 6) is -1.37. The predicted molar refractivity (Wildman–Crippen MR) is 146 cm³/mol. The Hall–Kier alpha value is -3.23. The second-order valence-electron chi connectivity index (χ2n) is 7.82. The van der Waals surface area contributed by atoms with E-state index < -0.39 is 17.2 Å². The summed E-state index contributed by atoms with van der Waals surface area (Å²) in [5.41, 5.74) is -0.480. The molecule has 1 saturated heterocycles. The van der Waals surface area contributed by atoms with Gasteiger partial charge in [-0.1, -0.05) is 59.8 Å². The van der Waals surface area contributed by atoms with Crippen molar-refractivity contribution >= 4 is 69.0 Å². The van der Waals surface area contributed by atoms with E-state index in [0.717, 1.165) is 21.2 Å². The van der Waals surface area contributed by atoms with Crippen LogP contribution in [0.4, 0.5) is 0 Å². The molecule has 3 heterocycles. The number of carbonyl (C=O) groups is 2. The lowest BCUT2D eigenvalue weighted by atomic mass is 9.99. The molecule has 11 heteroatoms. The molecule has 1 amide bonds. The molecule has 0 atom stereocenters. The van der Waals surface area contributed by atoms with Gasteiger partial charge in [0, 0.05) is 22.9 Å². The fraction of sp³-hybridized carbons (Fsp3) is 0.160. The van der Waals surface area contributed by atoms with Crippen LogP contribution in [0.2, 0.25) is 5.02 Å². The largest absolute Gasteiger partial charge is 0.494 e. The molecule has 0 aliphatic carbocycles. The average Bonchev–Trinajstić information content (AvgIpc) is 3.44. The Balaban J connectivity index is 1.61. The molecule has 4 rings (SSSR count). The van der Waals surface area contributed by atoms with E-state index in [1.807, 2.05) is 23.6 Å². The Morgan fingerprint density at radius 3 is 2.67 bits per heavy atom. The first-order chi connectivity index (χ1) is 17.2. The lowest BCUT2D eigenvalue weighted by molar-refractivity contribution is -0.122. The standard InChI is InChI=1S/C25H18ClN3O4S3/c1-14-17(12-27)22(31)29(13-15-5-2-3-7-18(15)26)24(33)21(14)19(30)8-9-28-23(32)20(36-25(28)34)11-16-6-4-10-35-16/h2-7,10-11,33H,8-9,13H2,1H3/b20-11-. The first-order valence-electron chi connectivity index (χ1n) is 10.6. The molecule has 3 aromatic rings. The van der Waals surface area contributed by atoms with Gasteiger partial charge in [-0.05, 0) is 41.6 Å². The van der Waals surface area contributed by atoms with Crippen LogP contribution >= 0.6 is 46.9 Å². The van der Waals surface area contributed by atoms with Gasteiger partial charge in [-0.3, -0.25) is 23.9 Å². The second kappa shape index (κ2) is 10.8. The molecule has 1 fully saturated rings. The molecule has 7 nitrogen and oxygen atoms in total. The lowest BCUT2D eigenvalue weighted by Gasteiger charge is -2.18. The van der Waals surface area contributed by atoms with Crippen molar-refractivity contribution in [3.63, 3.8) is 0 Å². The molecule has 0 saturated carbocycles. The van der Waals surface area contributed by atoms with E-state index in [4.69, 9.17) is 23.8 Å². The van der Waals surface area contributed by atoms with E-state index in [0.29, 0.717) is 19.8 Å². The van der Waals surface area contributed by atoms with E-state index in [1.54, 1.807) is 30.3 Å². The van der Waals surface area contributed by atoms with Gasteiger partial charge in [0.05, 0.1) is 17.0 Å². The van der Waals surface area contributed by atoms with Crippen LogP contribution in [0, 0.1) is 18.3 Å². The molecule has 1 N–H and O–H groups in total. The number of hydrogen-bond acceptors (Lipinski definition) is 8. The van der Waals surface area contributed by atoms with Gasteiger partial charge in [-0.15, -0.1) is 11.3 Å². The highest BCUT2D eigenvalue weighted by Crippen LogP contribution is 2.34. The van der Waals surface area contributed by atoms with E-state index >= 15 is 0 Å². The summed E-state index contributed by atoms with van der Waals surface area (Å²) < 4.78 is 1.29. The van der Waals surface area contributed by atoms with Crippen molar-refractivity contribution in [2.24, 2.45) is 0 Å². The molecule has 0 bridgehead atoms. The number of pyridine rings is 1. The Bertz CT molecular complexity index is 1520.